The van der Waals surface area contributed by atoms with Crippen molar-refractivity contribution >= 4 is 33.0 Å². The van der Waals surface area contributed by atoms with Gasteiger partial charge in [-0.05, 0) is 85.3 Å². The average molecular weight is 511 g/mol. The number of carbonyl (C=O) groups is 1. The largest absolute Gasteiger partial charge is 0.299 e. The molecule has 3 fully saturated rings. The maximum atomic E-state index is 13.5. The van der Waals surface area contributed by atoms with Gasteiger partial charge in [-0.2, -0.15) is 0 Å². The van der Waals surface area contributed by atoms with Crippen molar-refractivity contribution in [3.05, 3.63) is 69.5 Å². The summed E-state index contributed by atoms with van der Waals surface area (Å²) in [5.74, 6) is 0.686. The summed E-state index contributed by atoms with van der Waals surface area (Å²) in [6, 6.07) is 10.2. The van der Waals surface area contributed by atoms with Crippen molar-refractivity contribution in [2.45, 2.75) is 51.9 Å². The molecule has 0 N–H and O–H groups in total. The number of Topliss-reactive ketones (excluding diaryl/α,β-unsaturated/α-hetero) is 1. The molecule has 35 heavy (non-hydrogen) atoms. The van der Waals surface area contributed by atoms with Crippen LogP contribution in [-0.2, 0) is 27.7 Å². The summed E-state index contributed by atoms with van der Waals surface area (Å²) in [4.78, 5) is 17.5. The zero-order valence-electron chi connectivity index (χ0n) is 20.1. The normalized spacial score (nSPS) is 28.7. The summed E-state index contributed by atoms with van der Waals surface area (Å²) in [5, 5.41) is 0.733. The fraction of sp³-hybridized carbons (Fsp3) is 0.500. The lowest BCUT2D eigenvalue weighted by Crippen LogP contribution is -2.45. The smallest absolute Gasteiger partial charge is 0.215 e. The van der Waals surface area contributed by atoms with Gasteiger partial charge in [0, 0.05) is 41.7 Å². The number of halogens is 1. The maximum absolute atomic E-state index is 13.5. The van der Waals surface area contributed by atoms with Gasteiger partial charge >= 0.3 is 0 Å². The number of carbonyl (C=O) groups excluding carboxylic acids is 1. The van der Waals surface area contributed by atoms with E-state index in [4.69, 9.17) is 16.6 Å². The number of hydrogen-bond acceptors (Lipinski definition) is 4. The van der Waals surface area contributed by atoms with Gasteiger partial charge in [0.2, 0.25) is 10.0 Å². The number of aromatic nitrogens is 1. The predicted octanol–water partition coefficient (Wildman–Crippen LogP) is 5.07. The van der Waals surface area contributed by atoms with Crippen LogP contribution in [0.5, 0.6) is 0 Å². The van der Waals surface area contributed by atoms with E-state index in [2.05, 4.69) is 25.1 Å². The van der Waals surface area contributed by atoms with Crippen molar-refractivity contribution in [1.82, 2.24) is 9.29 Å². The molecule has 6 rings (SSSR count). The number of hydrogen-bond donors (Lipinski definition) is 0. The second kappa shape index (κ2) is 8.53. The van der Waals surface area contributed by atoms with E-state index >= 15 is 0 Å². The van der Waals surface area contributed by atoms with Crippen LogP contribution in [0.25, 0.3) is 5.57 Å². The topological polar surface area (TPSA) is 67.3 Å². The molecule has 0 amide bonds. The highest BCUT2D eigenvalue weighted by molar-refractivity contribution is 7.89. The molecule has 0 radical (unpaired) electrons. The van der Waals surface area contributed by atoms with Crippen LogP contribution in [0.4, 0.5) is 0 Å². The van der Waals surface area contributed by atoms with Gasteiger partial charge in [-0.3, -0.25) is 9.78 Å². The molecule has 1 aromatic carbocycles. The molecular formula is C28H31ClN2O3S. The van der Waals surface area contributed by atoms with Crippen molar-refractivity contribution < 1.29 is 13.2 Å². The van der Waals surface area contributed by atoms with Gasteiger partial charge in [0.1, 0.15) is 5.78 Å². The Balaban J connectivity index is 1.31. The molecular weight excluding hydrogens is 480 g/mol. The van der Waals surface area contributed by atoms with Crippen molar-refractivity contribution in [3.63, 3.8) is 0 Å². The molecule has 1 saturated heterocycles. The van der Waals surface area contributed by atoms with Crippen LogP contribution in [0.1, 0.15) is 61.4 Å². The molecule has 7 heteroatoms. The molecule has 3 aliphatic carbocycles. The summed E-state index contributed by atoms with van der Waals surface area (Å²) < 4.78 is 28.7. The van der Waals surface area contributed by atoms with E-state index in [1.165, 1.54) is 22.3 Å². The lowest BCUT2D eigenvalue weighted by atomic mass is 9.81. The van der Waals surface area contributed by atoms with E-state index in [9.17, 15) is 13.2 Å². The van der Waals surface area contributed by atoms with Gasteiger partial charge in [0.05, 0.1) is 11.4 Å². The molecule has 3 atom stereocenters. The Labute approximate surface area is 212 Å². The Hall–Kier alpha value is -2.02. The van der Waals surface area contributed by atoms with Gasteiger partial charge in [-0.1, -0.05) is 36.2 Å². The summed E-state index contributed by atoms with van der Waals surface area (Å²) in [5.41, 5.74) is 6.37. The number of fused-ring (bicyclic) bond motifs is 4. The second-order valence-electron chi connectivity index (χ2n) is 10.8. The lowest BCUT2D eigenvalue weighted by molar-refractivity contribution is -0.126. The summed E-state index contributed by atoms with van der Waals surface area (Å²) >= 11 is 6.33. The number of pyridine rings is 1. The number of rotatable bonds is 3. The molecule has 184 valence electrons. The molecule has 5 nitrogen and oxygen atoms in total. The van der Waals surface area contributed by atoms with E-state index in [0.29, 0.717) is 38.3 Å². The van der Waals surface area contributed by atoms with Gasteiger partial charge in [0.15, 0.2) is 0 Å². The molecule has 2 saturated carbocycles. The molecule has 1 aliphatic heterocycles. The van der Waals surface area contributed by atoms with Crippen molar-refractivity contribution in [2.75, 3.05) is 18.8 Å². The number of aryl methyl sites for hydroxylation is 2. The van der Waals surface area contributed by atoms with Crippen molar-refractivity contribution in [1.29, 1.82) is 0 Å². The predicted molar refractivity (Wildman–Crippen MR) is 138 cm³/mol. The van der Waals surface area contributed by atoms with Gasteiger partial charge in [0.25, 0.3) is 0 Å². The van der Waals surface area contributed by atoms with Crippen LogP contribution in [0, 0.1) is 17.3 Å². The zero-order valence-corrected chi connectivity index (χ0v) is 21.7. The summed E-state index contributed by atoms with van der Waals surface area (Å²) in [6.07, 6.45) is 7.26. The minimum atomic E-state index is -3.51. The van der Waals surface area contributed by atoms with Crippen LogP contribution in [0.2, 0.25) is 5.02 Å². The third-order valence-corrected chi connectivity index (χ3v) is 11.5. The van der Waals surface area contributed by atoms with E-state index in [-0.39, 0.29) is 17.5 Å². The number of benzene rings is 1. The third-order valence-electron chi connectivity index (χ3n) is 9.18. The minimum Gasteiger partial charge on any atom is -0.299 e. The first-order valence-electron chi connectivity index (χ1n) is 12.7. The Bertz CT molecular complexity index is 1340. The Morgan fingerprint density at radius 3 is 2.60 bits per heavy atom. The molecule has 4 aliphatic rings. The van der Waals surface area contributed by atoms with Crippen LogP contribution >= 0.6 is 11.6 Å². The maximum Gasteiger partial charge on any atom is 0.215 e. The third kappa shape index (κ3) is 3.80. The first-order valence-corrected chi connectivity index (χ1v) is 14.7. The lowest BCUT2D eigenvalue weighted by Gasteiger charge is -2.34. The van der Waals surface area contributed by atoms with Crippen LogP contribution in [0.15, 0.2) is 42.1 Å². The van der Waals surface area contributed by atoms with Crippen molar-refractivity contribution in [2.24, 2.45) is 17.3 Å². The average Bonchev–Trinajstić information content (AvgIpc) is 3.18. The standard InChI is InChI=1S/C28H31ClN2O3S/c1-18-21-8-11-28(18,25(32)16-21)17-35(33,34)31-13-9-19(10-14-31)26-24-7-6-23(29)15-22(24)5-4-20-3-2-12-30-27(20)26/h2-3,6-7,12,15,18,21H,4-5,8-11,13-14,16-17H2,1H3. The van der Waals surface area contributed by atoms with Gasteiger partial charge in [-0.15, -0.1) is 0 Å². The molecule has 3 unspecified atom stereocenters. The monoisotopic (exact) mass is 510 g/mol. The minimum absolute atomic E-state index is 0.0197. The Morgan fingerprint density at radius 1 is 1.11 bits per heavy atom. The Kier molecular flexibility index (Phi) is 5.70. The van der Waals surface area contributed by atoms with Gasteiger partial charge < -0.3 is 0 Å². The number of nitrogens with zero attached hydrogens (tertiary/aromatic N) is 2. The summed E-state index contributed by atoms with van der Waals surface area (Å²) in [7, 11) is -3.51. The highest BCUT2D eigenvalue weighted by Gasteiger charge is 2.59. The first kappa shape index (κ1) is 23.4. The number of sulfonamides is 1. The Morgan fingerprint density at radius 2 is 1.89 bits per heavy atom. The summed E-state index contributed by atoms with van der Waals surface area (Å²) in [6.45, 7) is 2.99. The highest BCUT2D eigenvalue weighted by Crippen LogP contribution is 2.56. The number of ketones is 1. The van der Waals surface area contributed by atoms with E-state index in [1.807, 2.05) is 18.3 Å². The molecule has 2 bridgehead atoms. The highest BCUT2D eigenvalue weighted by atomic mass is 35.5. The fourth-order valence-corrected chi connectivity index (χ4v) is 9.44. The SMILES string of the molecule is CC1C2CCC1(CS(=O)(=O)N1CCC(=C3c4ccc(Cl)cc4CCc4cccnc43)CC1)C(=O)C2. The van der Waals surface area contributed by atoms with Crippen LogP contribution in [-0.4, -0.2) is 42.3 Å². The van der Waals surface area contributed by atoms with E-state index in [1.54, 1.807) is 4.31 Å². The van der Waals surface area contributed by atoms with Crippen LogP contribution < -0.4 is 0 Å². The first-order chi connectivity index (χ1) is 16.8. The van der Waals surface area contributed by atoms with E-state index < -0.39 is 15.4 Å². The van der Waals surface area contributed by atoms with Gasteiger partial charge in [-0.25, -0.2) is 12.7 Å². The van der Waals surface area contributed by atoms with E-state index in [0.717, 1.165) is 42.0 Å². The molecule has 2 heterocycles. The van der Waals surface area contributed by atoms with Crippen LogP contribution in [0.3, 0.4) is 0 Å². The molecule has 2 aromatic rings. The second-order valence-corrected chi connectivity index (χ2v) is 13.2. The molecule has 0 spiro atoms. The molecule has 1 aromatic heterocycles. The fourth-order valence-electron chi connectivity index (χ4n) is 7.10. The van der Waals surface area contributed by atoms with Crippen molar-refractivity contribution in [3.8, 4) is 0 Å². The zero-order chi connectivity index (χ0) is 24.4. The quantitative estimate of drug-likeness (QED) is 0.578. The number of piperidine rings is 1.